The van der Waals surface area contributed by atoms with Gasteiger partial charge in [-0.1, -0.05) is 45.0 Å². The maximum Gasteiger partial charge on any atom is 0.248 e. The largest absolute Gasteiger partial charge is 0.495 e. The van der Waals surface area contributed by atoms with Gasteiger partial charge in [-0.15, -0.1) is 0 Å². The van der Waals surface area contributed by atoms with Gasteiger partial charge in [0.2, 0.25) is 15.9 Å². The number of anilines is 1. The fourth-order valence-electron chi connectivity index (χ4n) is 2.43. The predicted molar refractivity (Wildman–Crippen MR) is 107 cm³/mol. The number of hydrogen-bond acceptors (Lipinski definition) is 4. The van der Waals surface area contributed by atoms with Crippen LogP contribution in [0.3, 0.4) is 0 Å². The molecule has 0 unspecified atom stereocenters. The zero-order chi connectivity index (χ0) is 20.2. The van der Waals surface area contributed by atoms with Gasteiger partial charge in [0.05, 0.1) is 7.11 Å². The third kappa shape index (κ3) is 5.67. The van der Waals surface area contributed by atoms with Gasteiger partial charge in [-0.25, -0.2) is 13.6 Å². The highest BCUT2D eigenvalue weighted by Crippen LogP contribution is 2.26. The molecule has 6 nitrogen and oxygen atoms in total. The van der Waals surface area contributed by atoms with Gasteiger partial charge in [-0.2, -0.15) is 0 Å². The van der Waals surface area contributed by atoms with Crippen LogP contribution in [0.4, 0.5) is 5.69 Å². The molecule has 7 heteroatoms. The van der Waals surface area contributed by atoms with Crippen LogP contribution in [0.5, 0.6) is 5.75 Å². The fourth-order valence-corrected chi connectivity index (χ4v) is 3.15. The van der Waals surface area contributed by atoms with Gasteiger partial charge in [0, 0.05) is 11.8 Å². The lowest BCUT2D eigenvalue weighted by Crippen LogP contribution is -2.15. The molecule has 144 valence electrons. The molecule has 0 aliphatic carbocycles. The second kappa shape index (κ2) is 7.94. The van der Waals surface area contributed by atoms with Gasteiger partial charge in [-0.05, 0) is 40.8 Å². The molecule has 0 saturated carbocycles. The summed E-state index contributed by atoms with van der Waals surface area (Å²) in [6.45, 7) is 6.40. The number of sulfonamides is 1. The highest BCUT2D eigenvalue weighted by Gasteiger charge is 2.16. The second-order valence-corrected chi connectivity index (χ2v) is 8.64. The van der Waals surface area contributed by atoms with Crippen LogP contribution in [0, 0.1) is 0 Å². The van der Waals surface area contributed by atoms with Crippen molar-refractivity contribution >= 4 is 27.7 Å². The van der Waals surface area contributed by atoms with E-state index in [-0.39, 0.29) is 22.0 Å². The molecular weight excluding hydrogens is 364 g/mol. The van der Waals surface area contributed by atoms with E-state index < -0.39 is 10.0 Å². The quantitative estimate of drug-likeness (QED) is 0.768. The number of carbonyl (C=O) groups excluding carboxylic acids is 1. The molecule has 1 amide bonds. The summed E-state index contributed by atoms with van der Waals surface area (Å²) >= 11 is 0. The Labute approximate surface area is 160 Å². The van der Waals surface area contributed by atoms with Crippen molar-refractivity contribution in [2.75, 3.05) is 12.4 Å². The molecule has 0 aromatic heterocycles. The van der Waals surface area contributed by atoms with Crippen molar-refractivity contribution in [2.24, 2.45) is 5.14 Å². The predicted octanol–water partition coefficient (Wildman–Crippen LogP) is 3.29. The molecular formula is C20H24N2O4S. The summed E-state index contributed by atoms with van der Waals surface area (Å²) < 4.78 is 28.2. The number of benzene rings is 2. The minimum absolute atomic E-state index is 0.0645. The van der Waals surface area contributed by atoms with E-state index in [9.17, 15) is 13.2 Å². The van der Waals surface area contributed by atoms with Gasteiger partial charge >= 0.3 is 0 Å². The molecule has 27 heavy (non-hydrogen) atoms. The first-order valence-corrected chi connectivity index (χ1v) is 9.86. The van der Waals surface area contributed by atoms with E-state index in [4.69, 9.17) is 9.88 Å². The highest BCUT2D eigenvalue weighted by atomic mass is 32.2. The summed E-state index contributed by atoms with van der Waals surface area (Å²) in [5.41, 5.74) is 2.46. The van der Waals surface area contributed by atoms with Crippen molar-refractivity contribution in [3.8, 4) is 5.75 Å². The van der Waals surface area contributed by atoms with Crippen LogP contribution < -0.4 is 15.2 Å². The Morgan fingerprint density at radius 2 is 1.74 bits per heavy atom. The Hall–Kier alpha value is -2.64. The van der Waals surface area contributed by atoms with Crippen LogP contribution in [0.15, 0.2) is 53.4 Å². The lowest BCUT2D eigenvalue weighted by Gasteiger charge is -2.18. The molecule has 0 heterocycles. The van der Waals surface area contributed by atoms with Crippen molar-refractivity contribution in [3.05, 3.63) is 59.7 Å². The number of methoxy groups -OCH3 is 1. The van der Waals surface area contributed by atoms with Gasteiger partial charge < -0.3 is 10.1 Å². The number of ether oxygens (including phenoxy) is 1. The first-order valence-electron chi connectivity index (χ1n) is 8.31. The van der Waals surface area contributed by atoms with Crippen LogP contribution in [-0.2, 0) is 20.2 Å². The van der Waals surface area contributed by atoms with Gasteiger partial charge in [0.1, 0.15) is 10.6 Å². The SMILES string of the molecule is COc1ccc(NC(=O)/C=C/c2ccc(C(C)(C)C)cc2)cc1S(N)(=O)=O. The minimum Gasteiger partial charge on any atom is -0.495 e. The van der Waals surface area contributed by atoms with Crippen LogP contribution in [-0.4, -0.2) is 21.4 Å². The van der Waals surface area contributed by atoms with Gasteiger partial charge in [0.15, 0.2) is 0 Å². The molecule has 2 aromatic rings. The van der Waals surface area contributed by atoms with E-state index in [0.29, 0.717) is 5.69 Å². The molecule has 3 N–H and O–H groups in total. The standard InChI is InChI=1S/C20H24N2O4S/c1-20(2,3)15-8-5-14(6-9-15)7-12-19(23)22-16-10-11-17(26-4)18(13-16)27(21,24)25/h5-13H,1-4H3,(H,22,23)(H2,21,24,25)/b12-7+. The van der Waals surface area contributed by atoms with Crippen molar-refractivity contribution < 1.29 is 17.9 Å². The van der Waals surface area contributed by atoms with Crippen LogP contribution in [0.25, 0.3) is 6.08 Å². The van der Waals surface area contributed by atoms with E-state index in [1.165, 1.54) is 36.9 Å². The number of primary sulfonamides is 1. The molecule has 0 radical (unpaired) electrons. The number of carbonyl (C=O) groups is 1. The lowest BCUT2D eigenvalue weighted by molar-refractivity contribution is -0.111. The average Bonchev–Trinajstić information content (AvgIpc) is 2.59. The Morgan fingerprint density at radius 1 is 1.11 bits per heavy atom. The summed E-state index contributed by atoms with van der Waals surface area (Å²) in [6, 6.07) is 12.2. The smallest absolute Gasteiger partial charge is 0.248 e. The number of amides is 1. The zero-order valence-corrected chi connectivity index (χ0v) is 16.6. The van der Waals surface area contributed by atoms with Crippen molar-refractivity contribution in [1.29, 1.82) is 0 Å². The molecule has 0 atom stereocenters. The monoisotopic (exact) mass is 388 g/mol. The highest BCUT2D eigenvalue weighted by molar-refractivity contribution is 7.89. The maximum atomic E-state index is 12.1. The summed E-state index contributed by atoms with van der Waals surface area (Å²) in [6.07, 6.45) is 3.07. The molecule has 0 aliphatic heterocycles. The third-order valence-electron chi connectivity index (χ3n) is 3.94. The molecule has 0 spiro atoms. The van der Waals surface area contributed by atoms with Crippen LogP contribution >= 0.6 is 0 Å². The first kappa shape index (κ1) is 20.7. The fraction of sp³-hybridized carbons (Fsp3) is 0.250. The molecule has 2 rings (SSSR count). The van der Waals surface area contributed by atoms with E-state index in [1.54, 1.807) is 6.08 Å². The third-order valence-corrected chi connectivity index (χ3v) is 4.87. The average molecular weight is 388 g/mol. The number of nitrogens with two attached hydrogens (primary N) is 1. The van der Waals surface area contributed by atoms with Gasteiger partial charge in [-0.3, -0.25) is 4.79 Å². The maximum absolute atomic E-state index is 12.1. The van der Waals surface area contributed by atoms with Crippen molar-refractivity contribution in [1.82, 2.24) is 0 Å². The summed E-state index contributed by atoms with van der Waals surface area (Å²) in [4.78, 5) is 11.9. The first-order chi connectivity index (χ1) is 12.5. The number of hydrogen-bond donors (Lipinski definition) is 2. The van der Waals surface area contributed by atoms with E-state index >= 15 is 0 Å². The normalized spacial score (nSPS) is 12.2. The Kier molecular flexibility index (Phi) is 6.08. The topological polar surface area (TPSA) is 98.5 Å². The Balaban J connectivity index is 2.13. The van der Waals surface area contributed by atoms with E-state index in [1.807, 2.05) is 24.3 Å². The molecule has 0 fully saturated rings. The van der Waals surface area contributed by atoms with Gasteiger partial charge in [0.25, 0.3) is 0 Å². The van der Waals surface area contributed by atoms with Crippen molar-refractivity contribution in [3.63, 3.8) is 0 Å². The van der Waals surface area contributed by atoms with E-state index in [2.05, 4.69) is 26.1 Å². The molecule has 0 aliphatic rings. The Bertz CT molecular complexity index is 956. The summed E-state index contributed by atoms with van der Waals surface area (Å²) in [5.74, 6) is -0.273. The summed E-state index contributed by atoms with van der Waals surface area (Å²) in [7, 11) is -2.63. The number of nitrogens with one attached hydrogen (secondary N) is 1. The van der Waals surface area contributed by atoms with E-state index in [0.717, 1.165) is 5.56 Å². The lowest BCUT2D eigenvalue weighted by atomic mass is 9.87. The molecule has 0 saturated heterocycles. The Morgan fingerprint density at radius 3 is 2.26 bits per heavy atom. The van der Waals surface area contributed by atoms with Crippen LogP contribution in [0.1, 0.15) is 31.9 Å². The summed E-state index contributed by atoms with van der Waals surface area (Å²) in [5, 5.41) is 7.79. The molecule has 2 aromatic carbocycles. The second-order valence-electron chi connectivity index (χ2n) is 7.11. The molecule has 0 bridgehead atoms. The van der Waals surface area contributed by atoms with Crippen LogP contribution in [0.2, 0.25) is 0 Å². The zero-order valence-electron chi connectivity index (χ0n) is 15.8. The minimum atomic E-state index is -3.97. The van der Waals surface area contributed by atoms with Crippen molar-refractivity contribution in [2.45, 2.75) is 31.1 Å². The number of rotatable bonds is 5.